The van der Waals surface area contributed by atoms with Crippen LogP contribution in [0.5, 0.6) is 0 Å². The second kappa shape index (κ2) is 7.55. The molecule has 0 unspecified atom stereocenters. The van der Waals surface area contributed by atoms with Gasteiger partial charge in [-0.15, -0.1) is 24.8 Å². The van der Waals surface area contributed by atoms with Crippen LogP contribution >= 0.6 is 24.8 Å². The van der Waals surface area contributed by atoms with Crippen LogP contribution < -0.4 is 16.0 Å². The zero-order chi connectivity index (χ0) is 15.1. The number of aromatic nitrogens is 4. The van der Waals surface area contributed by atoms with Gasteiger partial charge in [-0.25, -0.2) is 4.98 Å². The highest BCUT2D eigenvalue weighted by Gasteiger charge is 2.25. The Kier molecular flexibility index (Phi) is 5.90. The molecule has 0 bridgehead atoms. The molecule has 1 atom stereocenters. The van der Waals surface area contributed by atoms with Gasteiger partial charge in [-0.1, -0.05) is 0 Å². The number of nitrogens with zero attached hydrogens (tertiary/aromatic N) is 4. The lowest BCUT2D eigenvalue weighted by molar-refractivity contribution is 0.616. The van der Waals surface area contributed by atoms with Gasteiger partial charge in [0.1, 0.15) is 11.5 Å². The van der Waals surface area contributed by atoms with Crippen LogP contribution in [-0.2, 0) is 12.8 Å². The summed E-state index contributed by atoms with van der Waals surface area (Å²) in [5.41, 5.74) is 10.2. The molecule has 0 amide bonds. The smallest absolute Gasteiger partial charge is 0.222 e. The maximum absolute atomic E-state index is 5.94. The van der Waals surface area contributed by atoms with Crippen LogP contribution in [0.4, 0.5) is 11.8 Å². The molecule has 2 aliphatic rings. The van der Waals surface area contributed by atoms with Crippen molar-refractivity contribution in [2.24, 2.45) is 0 Å². The maximum atomic E-state index is 5.94. The van der Waals surface area contributed by atoms with Crippen molar-refractivity contribution in [2.75, 3.05) is 30.8 Å². The molecule has 0 aromatic carbocycles. The first-order valence-electron chi connectivity index (χ1n) is 7.88. The van der Waals surface area contributed by atoms with E-state index < -0.39 is 0 Å². The van der Waals surface area contributed by atoms with Crippen LogP contribution in [0.15, 0.2) is 6.07 Å². The number of hydrogen-bond acceptors (Lipinski definition) is 6. The highest BCUT2D eigenvalue weighted by atomic mass is 35.5. The zero-order valence-electron chi connectivity index (χ0n) is 13.6. The number of halogens is 2. The summed E-state index contributed by atoms with van der Waals surface area (Å²) in [6.45, 7) is 1.94. The van der Waals surface area contributed by atoms with E-state index in [1.165, 1.54) is 17.7 Å². The Morgan fingerprint density at radius 1 is 1.29 bits per heavy atom. The molecule has 1 aliphatic carbocycles. The molecule has 4 N–H and O–H groups in total. The van der Waals surface area contributed by atoms with E-state index in [-0.39, 0.29) is 24.8 Å². The lowest BCUT2D eigenvalue weighted by Crippen LogP contribution is -2.30. The van der Waals surface area contributed by atoms with E-state index in [0.29, 0.717) is 12.0 Å². The molecule has 0 spiro atoms. The van der Waals surface area contributed by atoms with Gasteiger partial charge in [0.15, 0.2) is 0 Å². The number of anilines is 2. The Morgan fingerprint density at radius 2 is 2.12 bits per heavy atom. The van der Waals surface area contributed by atoms with Gasteiger partial charge in [-0.3, -0.25) is 5.10 Å². The second-order valence-corrected chi connectivity index (χ2v) is 6.07. The highest BCUT2D eigenvalue weighted by Crippen LogP contribution is 2.31. The molecule has 4 rings (SSSR count). The largest absolute Gasteiger partial charge is 0.368 e. The van der Waals surface area contributed by atoms with Crippen LogP contribution in [-0.4, -0.2) is 46.3 Å². The Balaban J connectivity index is 0.00000104. The van der Waals surface area contributed by atoms with Crippen molar-refractivity contribution in [1.29, 1.82) is 0 Å². The molecular formula is C15H23Cl2N7. The zero-order valence-corrected chi connectivity index (χ0v) is 15.2. The molecule has 1 saturated heterocycles. The second-order valence-electron chi connectivity index (χ2n) is 6.07. The first-order chi connectivity index (χ1) is 10.7. The fraction of sp³-hybridized carbons (Fsp3) is 0.533. The summed E-state index contributed by atoms with van der Waals surface area (Å²) < 4.78 is 0. The monoisotopic (exact) mass is 371 g/mol. The van der Waals surface area contributed by atoms with E-state index >= 15 is 0 Å². The first kappa shape index (κ1) is 18.8. The average Bonchev–Trinajstić information content (AvgIpc) is 3.22. The average molecular weight is 372 g/mol. The Labute approximate surface area is 153 Å². The lowest BCUT2D eigenvalue weighted by atomic mass is 10.1. The predicted octanol–water partition coefficient (Wildman–Crippen LogP) is 1.58. The van der Waals surface area contributed by atoms with Gasteiger partial charge in [0.05, 0.1) is 5.69 Å². The Morgan fingerprint density at radius 3 is 2.88 bits per heavy atom. The SMILES string of the molecule is CN[C@@H]1CCN(c2cc(-c3n[nH]c4c3CCC4)nc(N)n2)C1.Cl.Cl. The molecule has 24 heavy (non-hydrogen) atoms. The quantitative estimate of drug-likeness (QED) is 0.757. The number of fused-ring (bicyclic) bond motifs is 1. The highest BCUT2D eigenvalue weighted by molar-refractivity contribution is 5.85. The van der Waals surface area contributed by atoms with Crippen LogP contribution in [0.25, 0.3) is 11.4 Å². The fourth-order valence-corrected chi connectivity index (χ4v) is 3.47. The maximum Gasteiger partial charge on any atom is 0.222 e. The van der Waals surface area contributed by atoms with E-state index in [1.54, 1.807) is 0 Å². The van der Waals surface area contributed by atoms with Gasteiger partial charge < -0.3 is 16.0 Å². The number of rotatable bonds is 3. The molecule has 2 aromatic heterocycles. The van der Waals surface area contributed by atoms with E-state index in [9.17, 15) is 0 Å². The summed E-state index contributed by atoms with van der Waals surface area (Å²) in [6.07, 6.45) is 4.44. The third-order valence-electron chi connectivity index (χ3n) is 4.70. The van der Waals surface area contributed by atoms with E-state index in [2.05, 4.69) is 30.4 Å². The molecule has 1 aliphatic heterocycles. The summed E-state index contributed by atoms with van der Waals surface area (Å²) in [7, 11) is 2.00. The number of aromatic amines is 1. The van der Waals surface area contributed by atoms with Crippen LogP contribution in [0.1, 0.15) is 24.1 Å². The van der Waals surface area contributed by atoms with Gasteiger partial charge in [0.2, 0.25) is 5.95 Å². The molecule has 3 heterocycles. The van der Waals surface area contributed by atoms with Crippen molar-refractivity contribution in [1.82, 2.24) is 25.5 Å². The minimum Gasteiger partial charge on any atom is -0.368 e. The van der Waals surface area contributed by atoms with Gasteiger partial charge in [0, 0.05) is 36.5 Å². The third-order valence-corrected chi connectivity index (χ3v) is 4.70. The van der Waals surface area contributed by atoms with E-state index in [1.807, 2.05) is 13.1 Å². The molecule has 7 nitrogen and oxygen atoms in total. The third kappa shape index (κ3) is 3.29. The number of nitrogens with one attached hydrogen (secondary N) is 2. The van der Waals surface area contributed by atoms with Crippen LogP contribution in [0.3, 0.4) is 0 Å². The number of likely N-dealkylation sites (N-methyl/N-ethyl adjacent to an activating group) is 1. The topological polar surface area (TPSA) is 95.8 Å². The van der Waals surface area contributed by atoms with Crippen LogP contribution in [0, 0.1) is 0 Å². The summed E-state index contributed by atoms with van der Waals surface area (Å²) in [5.74, 6) is 1.21. The molecule has 2 aromatic rings. The molecule has 0 saturated carbocycles. The van der Waals surface area contributed by atoms with Gasteiger partial charge >= 0.3 is 0 Å². The summed E-state index contributed by atoms with van der Waals surface area (Å²) in [5, 5.41) is 10.9. The molecular weight excluding hydrogens is 349 g/mol. The number of H-pyrrole nitrogens is 1. The summed E-state index contributed by atoms with van der Waals surface area (Å²) in [4.78, 5) is 11.1. The molecule has 1 fully saturated rings. The van der Waals surface area contributed by atoms with Gasteiger partial charge in [-0.2, -0.15) is 10.1 Å². The van der Waals surface area contributed by atoms with Crippen molar-refractivity contribution >= 4 is 36.6 Å². The molecule has 0 radical (unpaired) electrons. The summed E-state index contributed by atoms with van der Waals surface area (Å²) >= 11 is 0. The van der Waals surface area contributed by atoms with Gasteiger partial charge in [0.25, 0.3) is 0 Å². The Bertz CT molecular complexity index is 703. The molecule has 9 heteroatoms. The van der Waals surface area contributed by atoms with Crippen molar-refractivity contribution < 1.29 is 0 Å². The minimum atomic E-state index is 0. The standard InChI is InChI=1S/C15H21N7.2ClH/c1-17-9-5-6-22(8-9)13-7-12(18-15(16)19-13)14-10-3-2-4-11(10)20-21-14;;/h7,9,17H,2-6,8H2,1H3,(H,20,21)(H2,16,18,19);2*1H/t9-;;/m1../s1. The predicted molar refractivity (Wildman–Crippen MR) is 100 cm³/mol. The number of nitrogen functional groups attached to an aromatic ring is 1. The minimum absolute atomic E-state index is 0. The Hall–Kier alpha value is -1.57. The van der Waals surface area contributed by atoms with Crippen molar-refractivity contribution in [3.05, 3.63) is 17.3 Å². The lowest BCUT2D eigenvalue weighted by Gasteiger charge is -2.18. The number of aryl methyl sites for hydroxylation is 1. The van der Waals surface area contributed by atoms with Crippen LogP contribution in [0.2, 0.25) is 0 Å². The number of hydrogen-bond donors (Lipinski definition) is 3. The van der Waals surface area contributed by atoms with Crippen molar-refractivity contribution in [3.63, 3.8) is 0 Å². The molecule has 132 valence electrons. The van der Waals surface area contributed by atoms with E-state index in [4.69, 9.17) is 5.73 Å². The van der Waals surface area contributed by atoms with E-state index in [0.717, 1.165) is 49.6 Å². The number of nitrogens with two attached hydrogens (primary N) is 1. The normalized spacial score (nSPS) is 18.9. The summed E-state index contributed by atoms with van der Waals surface area (Å²) in [6, 6.07) is 2.53. The van der Waals surface area contributed by atoms with Crippen molar-refractivity contribution in [3.8, 4) is 11.4 Å². The van der Waals surface area contributed by atoms with Gasteiger partial charge in [-0.05, 0) is 32.7 Å². The first-order valence-corrected chi connectivity index (χ1v) is 7.88. The van der Waals surface area contributed by atoms with Crippen molar-refractivity contribution in [2.45, 2.75) is 31.7 Å². The fourth-order valence-electron chi connectivity index (χ4n) is 3.47.